The normalized spacial score (nSPS) is 13.2. The second-order valence-electron chi connectivity index (χ2n) is 5.78. The molecule has 27 heavy (non-hydrogen) atoms. The Morgan fingerprint density at radius 3 is 2.78 bits per heavy atom. The quantitative estimate of drug-likeness (QED) is 0.712. The molecule has 1 aromatic heterocycles. The summed E-state index contributed by atoms with van der Waals surface area (Å²) in [5.74, 6) is 5.69. The first-order valence-electron chi connectivity index (χ1n) is 8.38. The molecule has 3 aromatic rings. The maximum absolute atomic E-state index is 12.2. The molecule has 2 amide bonds. The summed E-state index contributed by atoms with van der Waals surface area (Å²) in [6, 6.07) is 15.0. The Hall–Kier alpha value is -3.37. The molecule has 1 N–H and O–H groups in total. The zero-order valence-electron chi connectivity index (χ0n) is 14.3. The molecular weight excluding hydrogens is 362 g/mol. The summed E-state index contributed by atoms with van der Waals surface area (Å²) < 4.78 is 5.90. The fourth-order valence-corrected chi connectivity index (χ4v) is 3.55. The summed E-state index contributed by atoms with van der Waals surface area (Å²) in [6.45, 7) is 1.20. The largest absolute Gasteiger partial charge is 0.447 e. The molecule has 0 radical (unpaired) electrons. The van der Waals surface area contributed by atoms with E-state index in [1.807, 2.05) is 48.5 Å². The minimum absolute atomic E-state index is 0.228. The van der Waals surface area contributed by atoms with Crippen LogP contribution in [0.1, 0.15) is 15.4 Å². The standard InChI is InChI=1S/C20H15N3O3S/c24-18(19-22-16-5-1-2-6-17(16)27-19)21-11-3-4-14-7-9-15(10-8-14)23-12-13-26-20(23)25/h1-2,5-10H,11-13H2,(H,21,24). The minimum Gasteiger partial charge on any atom is -0.447 e. The van der Waals surface area contributed by atoms with E-state index in [2.05, 4.69) is 22.1 Å². The summed E-state index contributed by atoms with van der Waals surface area (Å²) >= 11 is 1.36. The van der Waals surface area contributed by atoms with Crippen molar-refractivity contribution in [2.45, 2.75) is 0 Å². The van der Waals surface area contributed by atoms with E-state index >= 15 is 0 Å². The van der Waals surface area contributed by atoms with Gasteiger partial charge in [0.05, 0.1) is 23.3 Å². The highest BCUT2D eigenvalue weighted by atomic mass is 32.1. The topological polar surface area (TPSA) is 71.5 Å². The lowest BCUT2D eigenvalue weighted by Crippen LogP contribution is -2.23. The van der Waals surface area contributed by atoms with Gasteiger partial charge in [-0.25, -0.2) is 9.78 Å². The van der Waals surface area contributed by atoms with Crippen molar-refractivity contribution in [2.75, 3.05) is 24.6 Å². The van der Waals surface area contributed by atoms with Crippen LogP contribution in [0.3, 0.4) is 0 Å². The van der Waals surface area contributed by atoms with E-state index in [1.165, 1.54) is 11.3 Å². The fraction of sp³-hybridized carbons (Fsp3) is 0.150. The number of carbonyl (C=O) groups excluding carboxylic acids is 2. The van der Waals surface area contributed by atoms with Gasteiger partial charge in [-0.1, -0.05) is 24.0 Å². The summed E-state index contributed by atoms with van der Waals surface area (Å²) in [5.41, 5.74) is 2.41. The Morgan fingerprint density at radius 1 is 1.22 bits per heavy atom. The number of fused-ring (bicyclic) bond motifs is 1. The highest BCUT2D eigenvalue weighted by Crippen LogP contribution is 2.21. The highest BCUT2D eigenvalue weighted by molar-refractivity contribution is 7.20. The third-order valence-corrected chi connectivity index (χ3v) is 5.03. The van der Waals surface area contributed by atoms with E-state index in [0.717, 1.165) is 21.5 Å². The molecule has 1 saturated heterocycles. The van der Waals surface area contributed by atoms with E-state index in [4.69, 9.17) is 4.74 Å². The molecule has 6 nitrogen and oxygen atoms in total. The van der Waals surface area contributed by atoms with Crippen molar-refractivity contribution in [1.82, 2.24) is 10.3 Å². The predicted molar refractivity (Wildman–Crippen MR) is 104 cm³/mol. The number of cyclic esters (lactones) is 1. The van der Waals surface area contributed by atoms with Gasteiger partial charge in [-0.3, -0.25) is 9.69 Å². The Kier molecular flexibility index (Phi) is 4.73. The van der Waals surface area contributed by atoms with Gasteiger partial charge in [0.15, 0.2) is 5.01 Å². The van der Waals surface area contributed by atoms with E-state index in [9.17, 15) is 9.59 Å². The number of carbonyl (C=O) groups is 2. The number of nitrogens with one attached hydrogen (secondary N) is 1. The molecule has 1 aliphatic heterocycles. The number of anilines is 1. The minimum atomic E-state index is -0.327. The first-order valence-corrected chi connectivity index (χ1v) is 9.19. The molecule has 134 valence electrons. The van der Waals surface area contributed by atoms with Gasteiger partial charge >= 0.3 is 6.09 Å². The second-order valence-corrected chi connectivity index (χ2v) is 6.81. The van der Waals surface area contributed by atoms with Gasteiger partial charge in [0.25, 0.3) is 5.91 Å². The number of amides is 2. The van der Waals surface area contributed by atoms with Crippen LogP contribution in [0.15, 0.2) is 48.5 Å². The third-order valence-electron chi connectivity index (χ3n) is 4.00. The van der Waals surface area contributed by atoms with Gasteiger partial charge in [-0.2, -0.15) is 0 Å². The highest BCUT2D eigenvalue weighted by Gasteiger charge is 2.23. The number of nitrogens with zero attached hydrogens (tertiary/aromatic N) is 2. The van der Waals surface area contributed by atoms with Crippen LogP contribution >= 0.6 is 11.3 Å². The molecule has 1 aliphatic rings. The Bertz CT molecular complexity index is 1030. The zero-order chi connectivity index (χ0) is 18.6. The van der Waals surface area contributed by atoms with Crippen molar-refractivity contribution in [3.63, 3.8) is 0 Å². The Labute approximate surface area is 159 Å². The molecule has 4 rings (SSSR count). The number of hydrogen-bond donors (Lipinski definition) is 1. The van der Waals surface area contributed by atoms with Crippen LogP contribution in [0.4, 0.5) is 10.5 Å². The molecule has 0 aliphatic carbocycles. The van der Waals surface area contributed by atoms with Gasteiger partial charge in [-0.15, -0.1) is 11.3 Å². The van der Waals surface area contributed by atoms with Gasteiger partial charge in [0.1, 0.15) is 6.61 Å². The number of para-hydroxylation sites is 1. The SMILES string of the molecule is O=C(NCC#Cc1ccc(N2CCOC2=O)cc1)c1nc2ccccc2s1. The lowest BCUT2D eigenvalue weighted by Gasteiger charge is -2.11. The average Bonchev–Trinajstić information content (AvgIpc) is 3.31. The molecule has 0 spiro atoms. The molecule has 1 fully saturated rings. The van der Waals surface area contributed by atoms with Gasteiger partial charge in [-0.05, 0) is 36.4 Å². The number of benzene rings is 2. The van der Waals surface area contributed by atoms with Crippen LogP contribution in [0.5, 0.6) is 0 Å². The Morgan fingerprint density at radius 2 is 2.04 bits per heavy atom. The molecule has 0 unspecified atom stereocenters. The van der Waals surface area contributed by atoms with E-state index < -0.39 is 0 Å². The fourth-order valence-electron chi connectivity index (χ4n) is 2.67. The van der Waals surface area contributed by atoms with Crippen molar-refractivity contribution in [2.24, 2.45) is 0 Å². The maximum Gasteiger partial charge on any atom is 0.414 e. The first kappa shape index (κ1) is 17.1. The third kappa shape index (κ3) is 3.76. The van der Waals surface area contributed by atoms with Crippen LogP contribution in [0.25, 0.3) is 10.2 Å². The van der Waals surface area contributed by atoms with E-state index in [0.29, 0.717) is 18.2 Å². The number of thiazole rings is 1. The molecule has 7 heteroatoms. The second kappa shape index (κ2) is 7.48. The summed E-state index contributed by atoms with van der Waals surface area (Å²) in [6.07, 6.45) is -0.327. The summed E-state index contributed by atoms with van der Waals surface area (Å²) in [7, 11) is 0. The van der Waals surface area contributed by atoms with Gasteiger partial charge < -0.3 is 10.1 Å². The van der Waals surface area contributed by atoms with Crippen molar-refractivity contribution in [3.8, 4) is 11.8 Å². The van der Waals surface area contributed by atoms with Crippen molar-refractivity contribution < 1.29 is 14.3 Å². The van der Waals surface area contributed by atoms with Crippen LogP contribution in [-0.4, -0.2) is 36.7 Å². The predicted octanol–water partition coefficient (Wildman–Crippen LogP) is 3.03. The molecule has 2 heterocycles. The van der Waals surface area contributed by atoms with Gasteiger partial charge in [0.2, 0.25) is 0 Å². The van der Waals surface area contributed by atoms with Gasteiger partial charge in [0, 0.05) is 11.3 Å². The molecule has 2 aromatic carbocycles. The van der Waals surface area contributed by atoms with Crippen molar-refractivity contribution in [3.05, 3.63) is 59.1 Å². The molecule has 0 bridgehead atoms. The number of hydrogen-bond acceptors (Lipinski definition) is 5. The zero-order valence-corrected chi connectivity index (χ0v) is 15.1. The summed E-state index contributed by atoms with van der Waals surface area (Å²) in [5, 5.41) is 3.19. The number of rotatable bonds is 3. The monoisotopic (exact) mass is 377 g/mol. The molecular formula is C20H15N3O3S. The summed E-state index contributed by atoms with van der Waals surface area (Å²) in [4.78, 5) is 29.6. The van der Waals surface area contributed by atoms with Crippen LogP contribution in [-0.2, 0) is 4.74 Å². The van der Waals surface area contributed by atoms with Crippen LogP contribution in [0.2, 0.25) is 0 Å². The van der Waals surface area contributed by atoms with Crippen molar-refractivity contribution >= 4 is 39.2 Å². The number of ether oxygens (including phenoxy) is 1. The van der Waals surface area contributed by atoms with Crippen LogP contribution in [0, 0.1) is 11.8 Å². The lowest BCUT2D eigenvalue weighted by molar-refractivity contribution is 0.0958. The lowest BCUT2D eigenvalue weighted by atomic mass is 10.2. The van der Waals surface area contributed by atoms with Crippen LogP contribution < -0.4 is 10.2 Å². The van der Waals surface area contributed by atoms with Crippen molar-refractivity contribution in [1.29, 1.82) is 0 Å². The smallest absolute Gasteiger partial charge is 0.414 e. The molecule has 0 saturated carbocycles. The first-order chi connectivity index (χ1) is 13.2. The Balaban J connectivity index is 1.34. The van der Waals surface area contributed by atoms with E-state index in [1.54, 1.807) is 4.90 Å². The number of aromatic nitrogens is 1. The average molecular weight is 377 g/mol. The van der Waals surface area contributed by atoms with E-state index in [-0.39, 0.29) is 18.5 Å². The maximum atomic E-state index is 12.2. The molecule has 0 atom stereocenters.